The zero-order valence-corrected chi connectivity index (χ0v) is 36.9. The number of carboxylic acids is 1. The Hall–Kier alpha value is -5.95. The average Bonchev–Trinajstić information content (AvgIpc) is 3.98. The Balaban J connectivity index is 0.000000185. The van der Waals surface area contributed by atoms with E-state index < -0.39 is 15.2 Å². The zero-order chi connectivity index (χ0) is 45.0. The quantitative estimate of drug-likeness (QED) is 0.0656. The van der Waals surface area contributed by atoms with Gasteiger partial charge in [0.2, 0.25) is 15.1 Å². The maximum absolute atomic E-state index is 13.1. The second-order valence-corrected chi connectivity index (χ2v) is 17.3. The van der Waals surface area contributed by atoms with Crippen molar-refractivity contribution in [3.63, 3.8) is 0 Å². The third-order valence-corrected chi connectivity index (χ3v) is 10.5. The standard InChI is InChI=1S/C25H24N2O2.C13H11NO.C12H15NO2.Cl2OS/c28-24(20-12-5-2-6-13-20)21-14-7-8-15-22(21)26-25(29)23-16-9-17-27(23)18-19-10-3-1-4-11-19;14-12-9-5-4-8-11(12)13(15)10-6-2-1-3-7-10;14-12(15)11-7-4-8-13(11)9-10-5-2-1-3-6-10;1-4(2)3/h1-8,10-15,23H,9,16-18H2,(H,26,29);1-9H,14H2;1-3,5-6,11H,4,7-9H2,(H,14,15);/t23-;;11-;/m1.1./s1. The molecule has 1 amide bonds. The minimum Gasteiger partial charge on any atom is -0.480 e. The van der Waals surface area contributed by atoms with Crippen molar-refractivity contribution < 1.29 is 28.5 Å². The van der Waals surface area contributed by atoms with Crippen LogP contribution in [0.15, 0.2) is 170 Å². The number of carboxylic acid groups (broad SMARTS) is 1. The molecule has 0 radical (unpaired) electrons. The van der Waals surface area contributed by atoms with E-state index in [9.17, 15) is 19.2 Å². The maximum Gasteiger partial charge on any atom is 0.320 e. The summed E-state index contributed by atoms with van der Waals surface area (Å²) in [6.45, 7) is 3.30. The molecule has 2 fully saturated rings. The molecule has 2 atom stereocenters. The van der Waals surface area contributed by atoms with Crippen LogP contribution in [0, 0.1) is 0 Å². The Kier molecular flexibility index (Phi) is 19.3. The number of nitrogens with one attached hydrogen (secondary N) is 1. The number of nitrogen functional groups attached to an aromatic ring is 1. The number of anilines is 2. The third-order valence-electron chi connectivity index (χ3n) is 10.5. The lowest BCUT2D eigenvalue weighted by Gasteiger charge is -2.24. The highest BCUT2D eigenvalue weighted by Gasteiger charge is 2.32. The van der Waals surface area contributed by atoms with Crippen molar-refractivity contribution in [1.82, 2.24) is 9.80 Å². The molecule has 0 saturated carbocycles. The largest absolute Gasteiger partial charge is 0.480 e. The van der Waals surface area contributed by atoms with E-state index in [1.807, 2.05) is 114 Å². The number of amides is 1. The van der Waals surface area contributed by atoms with E-state index in [-0.39, 0.29) is 29.6 Å². The van der Waals surface area contributed by atoms with Crippen LogP contribution in [0.4, 0.5) is 11.4 Å². The topological polar surface area (TPSA) is 150 Å². The van der Waals surface area contributed by atoms with Gasteiger partial charge in [0, 0.05) is 62.4 Å². The highest BCUT2D eigenvalue weighted by molar-refractivity contribution is 8.26. The van der Waals surface area contributed by atoms with Gasteiger partial charge in [-0.25, -0.2) is 4.21 Å². The predicted octanol–water partition coefficient (Wildman–Crippen LogP) is 9.80. The molecule has 0 unspecified atom stereocenters. The number of hydrogen-bond donors (Lipinski definition) is 3. The number of nitrogens with two attached hydrogens (primary N) is 1. The van der Waals surface area contributed by atoms with Crippen molar-refractivity contribution >= 4 is 65.4 Å². The fourth-order valence-corrected chi connectivity index (χ4v) is 7.44. The minimum atomic E-state index is -1.67. The third kappa shape index (κ3) is 15.1. The predicted molar refractivity (Wildman–Crippen MR) is 253 cm³/mol. The van der Waals surface area contributed by atoms with Crippen molar-refractivity contribution in [2.75, 3.05) is 24.1 Å². The first-order chi connectivity index (χ1) is 30.5. The number of carbonyl (C=O) groups is 4. The molecule has 0 aliphatic carbocycles. The smallest absolute Gasteiger partial charge is 0.320 e. The molecule has 0 bridgehead atoms. The van der Waals surface area contributed by atoms with Crippen LogP contribution in [0.3, 0.4) is 0 Å². The van der Waals surface area contributed by atoms with Crippen molar-refractivity contribution in [3.05, 3.63) is 203 Å². The molecular formula is C50H50Cl2N4O6S. The van der Waals surface area contributed by atoms with Gasteiger partial charge in [-0.1, -0.05) is 146 Å². The molecule has 10 nitrogen and oxygen atoms in total. The fourth-order valence-electron chi connectivity index (χ4n) is 7.44. The van der Waals surface area contributed by atoms with Crippen LogP contribution < -0.4 is 11.1 Å². The van der Waals surface area contributed by atoms with Gasteiger partial charge in [0.15, 0.2) is 11.6 Å². The van der Waals surface area contributed by atoms with Crippen molar-refractivity contribution in [1.29, 1.82) is 0 Å². The second kappa shape index (κ2) is 25.2. The Bertz CT molecular complexity index is 2410. The van der Waals surface area contributed by atoms with E-state index in [1.54, 1.807) is 48.5 Å². The van der Waals surface area contributed by atoms with Crippen LogP contribution in [0.25, 0.3) is 0 Å². The number of ketones is 2. The van der Waals surface area contributed by atoms with Crippen LogP contribution >= 0.6 is 21.4 Å². The van der Waals surface area contributed by atoms with Gasteiger partial charge in [-0.2, -0.15) is 0 Å². The molecule has 2 heterocycles. The lowest BCUT2D eigenvalue weighted by Crippen LogP contribution is -2.39. The molecule has 0 aromatic heterocycles. The molecule has 63 heavy (non-hydrogen) atoms. The van der Waals surface area contributed by atoms with E-state index in [0.717, 1.165) is 51.9 Å². The van der Waals surface area contributed by atoms with Gasteiger partial charge in [0.1, 0.15) is 6.04 Å². The van der Waals surface area contributed by atoms with Crippen LogP contribution in [-0.2, 0) is 31.9 Å². The number of para-hydroxylation sites is 2. The van der Waals surface area contributed by atoms with E-state index in [0.29, 0.717) is 33.6 Å². The first-order valence-corrected chi connectivity index (χ1v) is 23.3. The normalized spacial score (nSPS) is 15.7. The van der Waals surface area contributed by atoms with Gasteiger partial charge in [-0.15, -0.1) is 0 Å². The summed E-state index contributed by atoms with van der Waals surface area (Å²) in [7, 11) is 7.36. The molecule has 2 aliphatic heterocycles. The Morgan fingerprint density at radius 2 is 0.952 bits per heavy atom. The molecule has 326 valence electrons. The summed E-state index contributed by atoms with van der Waals surface area (Å²) < 4.78 is 9.09. The summed E-state index contributed by atoms with van der Waals surface area (Å²) in [5.74, 6) is -0.863. The Morgan fingerprint density at radius 3 is 1.43 bits per heavy atom. The van der Waals surface area contributed by atoms with E-state index in [1.165, 1.54) is 11.1 Å². The molecule has 6 aromatic carbocycles. The van der Waals surface area contributed by atoms with Gasteiger partial charge < -0.3 is 16.2 Å². The summed E-state index contributed by atoms with van der Waals surface area (Å²) >= 11 is 0. The van der Waals surface area contributed by atoms with Crippen LogP contribution in [0.5, 0.6) is 0 Å². The lowest BCUT2D eigenvalue weighted by molar-refractivity contribution is -0.142. The van der Waals surface area contributed by atoms with Crippen LogP contribution in [-0.4, -0.2) is 67.7 Å². The molecule has 6 aromatic rings. The van der Waals surface area contributed by atoms with Crippen LogP contribution in [0.2, 0.25) is 0 Å². The fraction of sp³-hybridized carbons (Fsp3) is 0.200. The summed E-state index contributed by atoms with van der Waals surface area (Å²) in [5.41, 5.74) is 11.6. The number of halogens is 2. The first kappa shape index (κ1) is 48.1. The van der Waals surface area contributed by atoms with Gasteiger partial charge in [0.05, 0.1) is 11.7 Å². The van der Waals surface area contributed by atoms with Gasteiger partial charge >= 0.3 is 5.97 Å². The van der Waals surface area contributed by atoms with Gasteiger partial charge in [-0.3, -0.25) is 29.0 Å². The van der Waals surface area contributed by atoms with E-state index in [4.69, 9.17) is 15.0 Å². The molecule has 2 saturated heterocycles. The number of likely N-dealkylation sites (tertiary alicyclic amines) is 2. The maximum atomic E-state index is 13.1. The van der Waals surface area contributed by atoms with E-state index in [2.05, 4.69) is 43.7 Å². The minimum absolute atomic E-state index is 0.0336. The van der Waals surface area contributed by atoms with E-state index >= 15 is 0 Å². The highest BCUT2D eigenvalue weighted by atomic mass is 36.0. The number of aliphatic carboxylic acids is 1. The number of hydrogen-bond acceptors (Lipinski definition) is 8. The second-order valence-electron chi connectivity index (χ2n) is 14.8. The van der Waals surface area contributed by atoms with Crippen LogP contribution in [0.1, 0.15) is 68.7 Å². The number of rotatable bonds is 11. The number of benzene rings is 6. The summed E-state index contributed by atoms with van der Waals surface area (Å²) in [5, 5.41) is 12.0. The molecule has 13 heteroatoms. The Morgan fingerprint density at radius 1 is 0.571 bits per heavy atom. The van der Waals surface area contributed by atoms with Crippen molar-refractivity contribution in [2.45, 2.75) is 50.9 Å². The molecule has 8 rings (SSSR count). The summed E-state index contributed by atoms with van der Waals surface area (Å²) in [4.78, 5) is 53.2. The first-order valence-electron chi connectivity index (χ1n) is 20.5. The summed E-state index contributed by atoms with van der Waals surface area (Å²) in [6.07, 6.45) is 3.59. The number of nitrogens with zero attached hydrogens (tertiary/aromatic N) is 2. The van der Waals surface area contributed by atoms with Gasteiger partial charge in [0.25, 0.3) is 0 Å². The molecule has 2 aliphatic rings. The molecule has 0 spiro atoms. The van der Waals surface area contributed by atoms with Crippen molar-refractivity contribution in [3.8, 4) is 0 Å². The molecule has 4 N–H and O–H groups in total. The molecular weight excluding hydrogens is 856 g/mol. The average molecular weight is 906 g/mol. The lowest BCUT2D eigenvalue weighted by atomic mass is 10.0. The number of carbonyl (C=O) groups excluding carboxylic acids is 3. The summed E-state index contributed by atoms with van der Waals surface area (Å²) in [6, 6.07) is 52.4. The van der Waals surface area contributed by atoms with Gasteiger partial charge in [-0.05, 0) is 74.2 Å². The van der Waals surface area contributed by atoms with Crippen molar-refractivity contribution in [2.24, 2.45) is 0 Å². The SMILES string of the molecule is Nc1ccccc1C(=O)c1ccccc1.O=C(O)[C@H]1CCCN1Cc1ccccc1.O=C(c1ccccc1)c1ccccc1NC(=O)[C@H]1CCCN1Cc1ccccc1.O=S(Cl)Cl. The zero-order valence-electron chi connectivity index (χ0n) is 34.6. The monoisotopic (exact) mass is 904 g/mol. The Labute approximate surface area is 380 Å². The highest BCUT2D eigenvalue weighted by Crippen LogP contribution is 2.25.